The lowest BCUT2D eigenvalue weighted by Gasteiger charge is -2.25. The molecule has 0 aromatic carbocycles. The fourth-order valence-corrected chi connectivity index (χ4v) is 2.41. The van der Waals surface area contributed by atoms with Crippen molar-refractivity contribution >= 4 is 0 Å². The van der Waals surface area contributed by atoms with E-state index in [4.69, 9.17) is 5.73 Å². The third kappa shape index (κ3) is 3.97. The highest BCUT2D eigenvalue weighted by Gasteiger charge is 2.19. The Morgan fingerprint density at radius 2 is 1.93 bits per heavy atom. The van der Waals surface area contributed by atoms with Crippen molar-refractivity contribution in [2.24, 2.45) is 5.73 Å². The van der Waals surface area contributed by atoms with Crippen LogP contribution in [0.3, 0.4) is 0 Å². The third-order valence-electron chi connectivity index (χ3n) is 3.46. The number of nitrogens with two attached hydrogens (primary N) is 1. The summed E-state index contributed by atoms with van der Waals surface area (Å²) in [6.07, 6.45) is 9.22. The first-order valence-electron chi connectivity index (χ1n) is 6.20. The largest absolute Gasteiger partial charge is 0.328 e. The van der Waals surface area contributed by atoms with Gasteiger partial charge >= 0.3 is 0 Å². The first-order valence-corrected chi connectivity index (χ1v) is 6.20. The molecule has 0 saturated heterocycles. The zero-order valence-corrected chi connectivity index (χ0v) is 9.84. The molecule has 0 amide bonds. The summed E-state index contributed by atoms with van der Waals surface area (Å²) < 4.78 is 0. The summed E-state index contributed by atoms with van der Waals surface area (Å²) in [6, 6.07) is 1.27. The molecule has 14 heavy (non-hydrogen) atoms. The summed E-state index contributed by atoms with van der Waals surface area (Å²) in [7, 11) is 2.26. The van der Waals surface area contributed by atoms with Crippen molar-refractivity contribution < 1.29 is 0 Å². The van der Waals surface area contributed by atoms with E-state index in [1.165, 1.54) is 51.5 Å². The minimum absolute atomic E-state index is 0.420. The van der Waals surface area contributed by atoms with Crippen LogP contribution in [-0.2, 0) is 0 Å². The summed E-state index contributed by atoms with van der Waals surface area (Å²) in [6.45, 7) is 3.40. The zero-order valence-electron chi connectivity index (χ0n) is 9.84. The molecular weight excluding hydrogens is 172 g/mol. The van der Waals surface area contributed by atoms with Crippen LogP contribution in [-0.4, -0.2) is 30.6 Å². The van der Waals surface area contributed by atoms with Crippen LogP contribution in [0.4, 0.5) is 0 Å². The highest BCUT2D eigenvalue weighted by atomic mass is 15.1. The second kappa shape index (κ2) is 6.41. The van der Waals surface area contributed by atoms with Crippen molar-refractivity contribution in [1.82, 2.24) is 4.90 Å². The predicted molar refractivity (Wildman–Crippen MR) is 62.4 cm³/mol. The van der Waals surface area contributed by atoms with Crippen LogP contribution in [0.2, 0.25) is 0 Å². The molecule has 1 saturated carbocycles. The van der Waals surface area contributed by atoms with Gasteiger partial charge in [0.25, 0.3) is 0 Å². The zero-order chi connectivity index (χ0) is 10.4. The van der Waals surface area contributed by atoms with Crippen molar-refractivity contribution in [3.05, 3.63) is 0 Å². The Morgan fingerprint density at radius 3 is 2.50 bits per heavy atom. The van der Waals surface area contributed by atoms with E-state index in [1.54, 1.807) is 0 Å². The Kier molecular flexibility index (Phi) is 5.49. The molecule has 0 bridgehead atoms. The summed E-state index contributed by atoms with van der Waals surface area (Å²) in [4.78, 5) is 2.52. The summed E-state index contributed by atoms with van der Waals surface area (Å²) >= 11 is 0. The van der Waals surface area contributed by atoms with Gasteiger partial charge in [0.15, 0.2) is 0 Å². The van der Waals surface area contributed by atoms with Crippen LogP contribution in [0.25, 0.3) is 0 Å². The molecule has 1 atom stereocenters. The van der Waals surface area contributed by atoms with Crippen molar-refractivity contribution in [1.29, 1.82) is 0 Å². The van der Waals surface area contributed by atoms with Crippen LogP contribution in [0.15, 0.2) is 0 Å². The molecular formula is C12H26N2. The molecule has 0 aromatic rings. The highest BCUT2D eigenvalue weighted by molar-refractivity contribution is 4.76. The summed E-state index contributed by atoms with van der Waals surface area (Å²) in [5.41, 5.74) is 6.00. The van der Waals surface area contributed by atoms with Crippen molar-refractivity contribution in [3.8, 4) is 0 Å². The van der Waals surface area contributed by atoms with E-state index in [2.05, 4.69) is 18.9 Å². The lowest BCUT2D eigenvalue weighted by atomic mass is 10.1. The molecule has 0 heterocycles. The van der Waals surface area contributed by atoms with Crippen LogP contribution in [0, 0.1) is 0 Å². The molecule has 1 aliphatic carbocycles. The first-order chi connectivity index (χ1) is 6.74. The Hall–Kier alpha value is -0.0800. The van der Waals surface area contributed by atoms with E-state index in [0.717, 1.165) is 6.04 Å². The maximum absolute atomic E-state index is 6.00. The topological polar surface area (TPSA) is 29.3 Å². The van der Waals surface area contributed by atoms with Gasteiger partial charge < -0.3 is 10.6 Å². The van der Waals surface area contributed by atoms with E-state index < -0.39 is 0 Å². The van der Waals surface area contributed by atoms with Crippen molar-refractivity contribution in [3.63, 3.8) is 0 Å². The molecule has 0 radical (unpaired) electrons. The third-order valence-corrected chi connectivity index (χ3v) is 3.46. The van der Waals surface area contributed by atoms with Crippen molar-refractivity contribution in [2.45, 2.75) is 64.0 Å². The highest BCUT2D eigenvalue weighted by Crippen LogP contribution is 2.22. The van der Waals surface area contributed by atoms with Gasteiger partial charge in [-0.1, -0.05) is 26.2 Å². The van der Waals surface area contributed by atoms with Crippen LogP contribution < -0.4 is 5.73 Å². The van der Waals surface area contributed by atoms with Gasteiger partial charge in [0, 0.05) is 12.1 Å². The van der Waals surface area contributed by atoms with Gasteiger partial charge in [0.1, 0.15) is 0 Å². The molecule has 2 nitrogen and oxygen atoms in total. The smallest absolute Gasteiger partial charge is 0.00922 e. The predicted octanol–water partition coefficient (Wildman–Crippen LogP) is 2.38. The molecule has 1 unspecified atom stereocenters. The standard InChI is InChI=1S/C12H26N2/c1-3-6-11(13)9-10-14(2)12-7-4-5-8-12/h11-12H,3-10,13H2,1-2H3. The minimum Gasteiger partial charge on any atom is -0.328 e. The Labute approximate surface area is 88.8 Å². The van der Waals surface area contributed by atoms with Gasteiger partial charge in [-0.05, 0) is 39.3 Å². The number of rotatable bonds is 6. The van der Waals surface area contributed by atoms with Gasteiger partial charge in [-0.3, -0.25) is 0 Å². The maximum atomic E-state index is 6.00. The Balaban J connectivity index is 2.10. The quantitative estimate of drug-likeness (QED) is 0.710. The van der Waals surface area contributed by atoms with Gasteiger partial charge in [0.2, 0.25) is 0 Å². The number of hydrogen-bond donors (Lipinski definition) is 1. The van der Waals surface area contributed by atoms with E-state index >= 15 is 0 Å². The van der Waals surface area contributed by atoms with Gasteiger partial charge in [-0.25, -0.2) is 0 Å². The average molecular weight is 198 g/mol. The maximum Gasteiger partial charge on any atom is 0.00922 e. The number of hydrogen-bond acceptors (Lipinski definition) is 2. The Morgan fingerprint density at radius 1 is 1.29 bits per heavy atom. The second-order valence-corrected chi connectivity index (χ2v) is 4.76. The monoisotopic (exact) mass is 198 g/mol. The molecule has 1 rings (SSSR count). The number of nitrogens with zero attached hydrogens (tertiary/aromatic N) is 1. The van der Waals surface area contributed by atoms with Crippen LogP contribution in [0.5, 0.6) is 0 Å². The fourth-order valence-electron chi connectivity index (χ4n) is 2.41. The van der Waals surface area contributed by atoms with Crippen molar-refractivity contribution in [2.75, 3.05) is 13.6 Å². The first kappa shape index (κ1) is 12.0. The average Bonchev–Trinajstić information content (AvgIpc) is 2.67. The van der Waals surface area contributed by atoms with E-state index in [1.807, 2.05) is 0 Å². The van der Waals surface area contributed by atoms with E-state index in [9.17, 15) is 0 Å². The van der Waals surface area contributed by atoms with Crippen LogP contribution >= 0.6 is 0 Å². The molecule has 0 aliphatic heterocycles. The fraction of sp³-hybridized carbons (Fsp3) is 1.00. The molecule has 2 heteroatoms. The summed E-state index contributed by atoms with van der Waals surface area (Å²) in [5.74, 6) is 0. The second-order valence-electron chi connectivity index (χ2n) is 4.76. The summed E-state index contributed by atoms with van der Waals surface area (Å²) in [5, 5.41) is 0. The lowest BCUT2D eigenvalue weighted by molar-refractivity contribution is 0.235. The lowest BCUT2D eigenvalue weighted by Crippen LogP contribution is -2.33. The van der Waals surface area contributed by atoms with Gasteiger partial charge in [0.05, 0.1) is 0 Å². The normalized spacial score (nSPS) is 20.6. The molecule has 84 valence electrons. The van der Waals surface area contributed by atoms with Gasteiger partial charge in [-0.2, -0.15) is 0 Å². The minimum atomic E-state index is 0.420. The molecule has 0 aromatic heterocycles. The molecule has 1 aliphatic rings. The molecule has 1 fully saturated rings. The van der Waals surface area contributed by atoms with E-state index in [0.29, 0.717) is 6.04 Å². The SMILES string of the molecule is CCCC(N)CCN(C)C1CCCC1. The van der Waals surface area contributed by atoms with Gasteiger partial charge in [-0.15, -0.1) is 0 Å². The Bertz CT molecular complexity index is 141. The molecule has 0 spiro atoms. The van der Waals surface area contributed by atoms with E-state index in [-0.39, 0.29) is 0 Å². The van der Waals surface area contributed by atoms with Crippen LogP contribution in [0.1, 0.15) is 51.9 Å². The molecule has 2 N–H and O–H groups in total.